The number of unbranched alkanes of at least 4 members (excludes halogenated alkanes) is 1. The van der Waals surface area contributed by atoms with E-state index in [2.05, 4.69) is 47.3 Å². The summed E-state index contributed by atoms with van der Waals surface area (Å²) in [6.45, 7) is 13.3. The zero-order valence-electron chi connectivity index (χ0n) is 21.4. The number of nitrogens with one attached hydrogen (secondary N) is 2. The highest BCUT2D eigenvalue weighted by Gasteiger charge is 2.76. The number of carbonyl (C=O) groups excluding carboxylic acids is 3. The van der Waals surface area contributed by atoms with Gasteiger partial charge < -0.3 is 25.4 Å². The van der Waals surface area contributed by atoms with Crippen molar-refractivity contribution in [3.8, 4) is 0 Å². The predicted octanol–water partition coefficient (Wildman–Crippen LogP) is 2.36. The van der Waals surface area contributed by atoms with Crippen molar-refractivity contribution in [3.63, 3.8) is 0 Å². The Labute approximate surface area is 212 Å². The SMILES string of the molecule is CCCNC(=O)[C@H]1[C@H]2C(=O)N(CCCCO)C(C(=O)NC(C)(C)CC(C)(C)C)C23CC(Br)[C@@H]1O3. The Bertz CT molecular complexity index is 798. The number of alkyl halides is 1. The topological polar surface area (TPSA) is 108 Å². The Balaban J connectivity index is 1.95. The molecule has 3 N–H and O–H groups in total. The molecule has 3 unspecified atom stereocenters. The highest BCUT2D eigenvalue weighted by molar-refractivity contribution is 9.09. The number of rotatable bonds is 10. The minimum absolute atomic E-state index is 0.00956. The van der Waals surface area contributed by atoms with Crippen LogP contribution in [0.15, 0.2) is 0 Å². The number of amides is 3. The lowest BCUT2D eigenvalue weighted by Gasteiger charge is -2.38. The van der Waals surface area contributed by atoms with E-state index in [9.17, 15) is 19.5 Å². The van der Waals surface area contributed by atoms with E-state index < -0.39 is 35.1 Å². The quantitative estimate of drug-likeness (QED) is 0.289. The van der Waals surface area contributed by atoms with Crippen LogP contribution in [-0.2, 0) is 19.1 Å². The first-order chi connectivity index (χ1) is 15.8. The van der Waals surface area contributed by atoms with Crippen LogP contribution in [0.3, 0.4) is 0 Å². The fraction of sp³-hybridized carbons (Fsp3) is 0.880. The second kappa shape index (κ2) is 10.1. The van der Waals surface area contributed by atoms with Gasteiger partial charge in [-0.3, -0.25) is 14.4 Å². The molecule has 3 heterocycles. The van der Waals surface area contributed by atoms with Crippen molar-refractivity contribution >= 4 is 33.7 Å². The van der Waals surface area contributed by atoms with E-state index >= 15 is 0 Å². The lowest BCUT2D eigenvalue weighted by molar-refractivity contribution is -0.143. The van der Waals surface area contributed by atoms with Gasteiger partial charge in [-0.1, -0.05) is 43.6 Å². The molecule has 194 valence electrons. The molecular weight excluding hydrogens is 502 g/mol. The second-order valence-electron chi connectivity index (χ2n) is 12.0. The molecule has 8 nitrogen and oxygen atoms in total. The van der Waals surface area contributed by atoms with Gasteiger partial charge in [0.05, 0.1) is 17.9 Å². The van der Waals surface area contributed by atoms with E-state index in [-0.39, 0.29) is 34.6 Å². The number of likely N-dealkylation sites (tertiary alicyclic amines) is 1. The van der Waals surface area contributed by atoms with Gasteiger partial charge in [-0.05, 0) is 51.4 Å². The number of hydrogen-bond donors (Lipinski definition) is 3. The summed E-state index contributed by atoms with van der Waals surface area (Å²) in [6, 6.07) is -0.808. The molecule has 0 saturated carbocycles. The van der Waals surface area contributed by atoms with Crippen LogP contribution in [0.5, 0.6) is 0 Å². The third-order valence-corrected chi connectivity index (χ3v) is 7.98. The van der Waals surface area contributed by atoms with Crippen molar-refractivity contribution in [3.05, 3.63) is 0 Å². The molecule has 0 aromatic heterocycles. The highest BCUT2D eigenvalue weighted by Crippen LogP contribution is 2.60. The van der Waals surface area contributed by atoms with Crippen molar-refractivity contribution < 1.29 is 24.2 Å². The van der Waals surface area contributed by atoms with E-state index in [0.717, 1.165) is 12.8 Å². The van der Waals surface area contributed by atoms with Crippen LogP contribution in [0.4, 0.5) is 0 Å². The summed E-state index contributed by atoms with van der Waals surface area (Å²) in [5, 5.41) is 15.4. The second-order valence-corrected chi connectivity index (χ2v) is 13.2. The summed E-state index contributed by atoms with van der Waals surface area (Å²) >= 11 is 3.69. The fourth-order valence-corrected chi connectivity index (χ4v) is 7.44. The molecule has 3 aliphatic rings. The molecule has 34 heavy (non-hydrogen) atoms. The molecule has 0 aromatic rings. The summed E-state index contributed by atoms with van der Waals surface area (Å²) in [6.07, 6.45) is 2.74. The largest absolute Gasteiger partial charge is 0.396 e. The van der Waals surface area contributed by atoms with E-state index in [1.54, 1.807) is 4.90 Å². The number of aliphatic hydroxyl groups is 1. The summed E-state index contributed by atoms with van der Waals surface area (Å²) in [7, 11) is 0. The summed E-state index contributed by atoms with van der Waals surface area (Å²) in [5.41, 5.74) is -1.51. The molecule has 9 heteroatoms. The van der Waals surface area contributed by atoms with Gasteiger partial charge in [-0.25, -0.2) is 0 Å². The molecule has 3 saturated heterocycles. The van der Waals surface area contributed by atoms with E-state index in [1.165, 1.54) is 0 Å². The fourth-order valence-electron chi connectivity index (χ4n) is 6.50. The van der Waals surface area contributed by atoms with Crippen LogP contribution in [0.25, 0.3) is 0 Å². The van der Waals surface area contributed by atoms with Gasteiger partial charge in [0.2, 0.25) is 17.7 Å². The van der Waals surface area contributed by atoms with Gasteiger partial charge >= 0.3 is 0 Å². The molecule has 1 spiro atoms. The van der Waals surface area contributed by atoms with Crippen LogP contribution in [0.1, 0.15) is 73.6 Å². The average molecular weight is 545 g/mol. The minimum atomic E-state index is -1.04. The Morgan fingerprint density at radius 1 is 1.21 bits per heavy atom. The number of ether oxygens (including phenoxy) is 1. The lowest BCUT2D eigenvalue weighted by Crippen LogP contribution is -2.59. The first kappa shape index (κ1) is 27.4. The van der Waals surface area contributed by atoms with Crippen LogP contribution in [0, 0.1) is 17.3 Å². The summed E-state index contributed by atoms with van der Waals surface area (Å²) in [5.74, 6) is -1.91. The van der Waals surface area contributed by atoms with Crippen molar-refractivity contribution in [2.45, 2.75) is 102 Å². The van der Waals surface area contributed by atoms with Crippen molar-refractivity contribution in [1.82, 2.24) is 15.5 Å². The molecule has 0 aromatic carbocycles. The van der Waals surface area contributed by atoms with Gasteiger partial charge in [0.15, 0.2) is 0 Å². The molecule has 3 aliphatic heterocycles. The molecule has 3 rings (SSSR count). The van der Waals surface area contributed by atoms with Crippen molar-refractivity contribution in [1.29, 1.82) is 0 Å². The molecule has 6 atom stereocenters. The molecule has 0 aliphatic carbocycles. The van der Waals surface area contributed by atoms with Gasteiger partial charge in [0.25, 0.3) is 0 Å². The zero-order chi connectivity index (χ0) is 25.5. The molecule has 2 bridgehead atoms. The van der Waals surface area contributed by atoms with Gasteiger partial charge in [-0.2, -0.15) is 0 Å². The minimum Gasteiger partial charge on any atom is -0.396 e. The monoisotopic (exact) mass is 543 g/mol. The van der Waals surface area contributed by atoms with E-state index in [4.69, 9.17) is 4.74 Å². The Hall–Kier alpha value is -1.19. The third-order valence-electron chi connectivity index (χ3n) is 7.13. The maximum Gasteiger partial charge on any atom is 0.246 e. The van der Waals surface area contributed by atoms with Crippen LogP contribution < -0.4 is 10.6 Å². The first-order valence-corrected chi connectivity index (χ1v) is 13.5. The Kier molecular flexibility index (Phi) is 8.10. The molecule has 0 radical (unpaired) electrons. The number of nitrogens with zero attached hydrogens (tertiary/aromatic N) is 1. The summed E-state index contributed by atoms with van der Waals surface area (Å²) < 4.78 is 6.49. The highest BCUT2D eigenvalue weighted by atomic mass is 79.9. The third kappa shape index (κ3) is 5.16. The van der Waals surface area contributed by atoms with E-state index in [1.807, 2.05) is 20.8 Å². The standard InChI is InChI=1S/C25H42BrN3O5/c1-7-10-27-20(31)16-17-22(33)29(11-8-9-12-30)19(25(17)13-15(26)18(16)34-25)21(32)28-24(5,6)14-23(2,3)4/h15-19,30H,7-14H2,1-6H3,(H,27,31)(H,28,32)/t15?,16-,17-,18-,19?,25?/m0/s1. The molecule has 3 fully saturated rings. The van der Waals surface area contributed by atoms with Crippen LogP contribution in [-0.4, -0.2) is 75.5 Å². The maximum atomic E-state index is 13.9. The van der Waals surface area contributed by atoms with Gasteiger partial charge in [-0.15, -0.1) is 0 Å². The van der Waals surface area contributed by atoms with Crippen molar-refractivity contribution in [2.75, 3.05) is 19.7 Å². The normalized spacial score (nSPS) is 32.8. The lowest BCUT2D eigenvalue weighted by atomic mass is 9.70. The number of aliphatic hydroxyl groups excluding tert-OH is 1. The Morgan fingerprint density at radius 3 is 2.47 bits per heavy atom. The first-order valence-electron chi connectivity index (χ1n) is 12.6. The molecular formula is C25H42BrN3O5. The van der Waals surface area contributed by atoms with Crippen LogP contribution in [0.2, 0.25) is 0 Å². The van der Waals surface area contributed by atoms with Crippen molar-refractivity contribution in [2.24, 2.45) is 17.3 Å². The Morgan fingerprint density at radius 2 is 1.88 bits per heavy atom. The predicted molar refractivity (Wildman–Crippen MR) is 133 cm³/mol. The maximum absolute atomic E-state index is 13.9. The molecule has 3 amide bonds. The smallest absolute Gasteiger partial charge is 0.246 e. The number of carbonyl (C=O) groups is 3. The number of fused-ring (bicyclic) bond motifs is 1. The summed E-state index contributed by atoms with van der Waals surface area (Å²) in [4.78, 5) is 42.3. The van der Waals surface area contributed by atoms with Crippen LogP contribution >= 0.6 is 15.9 Å². The number of halogens is 1. The zero-order valence-corrected chi connectivity index (χ0v) is 23.0. The van der Waals surface area contributed by atoms with Gasteiger partial charge in [0.1, 0.15) is 11.6 Å². The van der Waals surface area contributed by atoms with Gasteiger partial charge in [0, 0.05) is 30.1 Å². The number of hydrogen-bond acceptors (Lipinski definition) is 5. The van der Waals surface area contributed by atoms with E-state index in [0.29, 0.717) is 32.4 Å². The average Bonchev–Trinajstić information content (AvgIpc) is 3.27.